The Bertz CT molecular complexity index is 1040. The minimum atomic E-state index is 0.652. The summed E-state index contributed by atoms with van der Waals surface area (Å²) in [5.74, 6) is 0. The summed E-state index contributed by atoms with van der Waals surface area (Å²) in [6.07, 6.45) is 6.52. The van der Waals surface area contributed by atoms with Crippen molar-refractivity contribution >= 4 is 39.9 Å². The summed E-state index contributed by atoms with van der Waals surface area (Å²) in [5.41, 5.74) is 4.34. The van der Waals surface area contributed by atoms with Crippen LogP contribution in [0, 0.1) is 18.3 Å². The number of rotatable bonds is 4. The third-order valence-electron chi connectivity index (χ3n) is 3.58. The molecule has 3 heterocycles. The number of aryl methyl sites for hydroxylation is 1. The molecule has 0 radical (unpaired) electrons. The van der Waals surface area contributed by atoms with Gasteiger partial charge < -0.3 is 14.1 Å². The maximum atomic E-state index is 9.22. The summed E-state index contributed by atoms with van der Waals surface area (Å²) in [6, 6.07) is 6.22. The van der Waals surface area contributed by atoms with Gasteiger partial charge in [0.05, 0.1) is 21.6 Å². The lowest BCUT2D eigenvalue weighted by Crippen LogP contribution is -1.89. The van der Waals surface area contributed by atoms with Gasteiger partial charge in [0, 0.05) is 29.7 Å². The first-order valence-corrected chi connectivity index (χ1v) is 8.67. The topological polar surface area (TPSA) is 90.5 Å². The number of nitriles is 1. The van der Waals surface area contributed by atoms with Crippen LogP contribution < -0.4 is 4.72 Å². The first-order chi connectivity index (χ1) is 11.8. The second kappa shape index (κ2) is 6.03. The van der Waals surface area contributed by atoms with Gasteiger partial charge in [-0.15, -0.1) is 11.3 Å². The fraction of sp³-hybridized carbons (Fsp3) is 0.0625. The van der Waals surface area contributed by atoms with Crippen molar-refractivity contribution < 1.29 is 4.42 Å². The first kappa shape index (κ1) is 14.8. The Hall–Kier alpha value is -2.76. The number of hydrogen-bond acceptors (Lipinski definition) is 7. The van der Waals surface area contributed by atoms with Crippen molar-refractivity contribution in [2.75, 3.05) is 4.72 Å². The van der Waals surface area contributed by atoms with Crippen LogP contribution >= 0.6 is 23.3 Å². The van der Waals surface area contributed by atoms with E-state index in [2.05, 4.69) is 25.7 Å². The quantitative estimate of drug-likeness (QED) is 0.522. The molecule has 0 aliphatic carbocycles. The van der Waals surface area contributed by atoms with Crippen LogP contribution in [-0.2, 0) is 0 Å². The molecule has 8 heteroatoms. The van der Waals surface area contributed by atoms with Crippen molar-refractivity contribution in [1.82, 2.24) is 15.0 Å². The third kappa shape index (κ3) is 2.54. The normalized spacial score (nSPS) is 10.8. The van der Waals surface area contributed by atoms with E-state index in [-0.39, 0.29) is 0 Å². The number of oxazole rings is 1. The molecule has 6 nitrogen and oxygen atoms in total. The second-order valence-corrected chi connectivity index (χ2v) is 7.15. The Morgan fingerprint density at radius 3 is 3.08 bits per heavy atom. The molecular formula is C16H11N5OS2. The van der Waals surface area contributed by atoms with E-state index in [0.717, 1.165) is 37.1 Å². The van der Waals surface area contributed by atoms with E-state index in [4.69, 9.17) is 4.42 Å². The summed E-state index contributed by atoms with van der Waals surface area (Å²) in [5, 5.41) is 10.2. The average Bonchev–Trinajstić information content (AvgIpc) is 3.33. The predicted molar refractivity (Wildman–Crippen MR) is 94.8 cm³/mol. The van der Waals surface area contributed by atoms with Crippen molar-refractivity contribution in [3.05, 3.63) is 48.3 Å². The molecule has 118 valence electrons. The Morgan fingerprint density at radius 2 is 2.29 bits per heavy atom. The van der Waals surface area contributed by atoms with Crippen LogP contribution in [0.1, 0.15) is 11.1 Å². The molecule has 4 rings (SSSR count). The van der Waals surface area contributed by atoms with Crippen LogP contribution in [0.15, 0.2) is 45.9 Å². The molecule has 0 spiro atoms. The Morgan fingerprint density at radius 1 is 1.38 bits per heavy atom. The molecule has 0 aliphatic rings. The number of thiazole rings is 1. The van der Waals surface area contributed by atoms with Crippen molar-refractivity contribution in [3.8, 4) is 16.6 Å². The zero-order chi connectivity index (χ0) is 16.5. The number of aromatic nitrogens is 3. The second-order valence-electron chi connectivity index (χ2n) is 5.06. The zero-order valence-electron chi connectivity index (χ0n) is 12.5. The minimum Gasteiger partial charge on any atom is -0.451 e. The van der Waals surface area contributed by atoms with Crippen LogP contribution in [0.5, 0.6) is 0 Å². The summed E-state index contributed by atoms with van der Waals surface area (Å²) >= 11 is 2.96. The lowest BCUT2D eigenvalue weighted by atomic mass is 10.1. The highest BCUT2D eigenvalue weighted by molar-refractivity contribution is 8.02. The zero-order valence-corrected chi connectivity index (χ0v) is 14.2. The number of hydrogen-bond donors (Lipinski definition) is 2. The van der Waals surface area contributed by atoms with Crippen LogP contribution in [0.4, 0.5) is 5.69 Å². The Balaban J connectivity index is 1.59. The molecule has 0 fully saturated rings. The maximum Gasteiger partial charge on any atom is 0.181 e. The molecule has 2 N–H and O–H groups in total. The van der Waals surface area contributed by atoms with E-state index >= 15 is 0 Å². The molecule has 3 aromatic heterocycles. The van der Waals surface area contributed by atoms with Gasteiger partial charge in [-0.3, -0.25) is 0 Å². The summed E-state index contributed by atoms with van der Waals surface area (Å²) in [6.45, 7) is 2.00. The Labute approximate surface area is 145 Å². The van der Waals surface area contributed by atoms with E-state index in [1.807, 2.05) is 19.1 Å². The van der Waals surface area contributed by atoms with E-state index in [1.165, 1.54) is 29.7 Å². The highest BCUT2D eigenvalue weighted by Crippen LogP contribution is 2.34. The molecule has 0 saturated carbocycles. The number of fused-ring (bicyclic) bond motifs is 1. The predicted octanol–water partition coefficient (Wildman–Crippen LogP) is 4.58. The van der Waals surface area contributed by atoms with E-state index in [1.54, 1.807) is 18.7 Å². The molecule has 0 atom stereocenters. The minimum absolute atomic E-state index is 0.652. The molecular weight excluding hydrogens is 342 g/mol. The van der Waals surface area contributed by atoms with Gasteiger partial charge in [-0.1, -0.05) is 6.07 Å². The van der Waals surface area contributed by atoms with Gasteiger partial charge >= 0.3 is 0 Å². The average molecular weight is 353 g/mol. The highest BCUT2D eigenvalue weighted by Gasteiger charge is 2.12. The molecule has 0 amide bonds. The molecule has 0 bridgehead atoms. The van der Waals surface area contributed by atoms with Crippen molar-refractivity contribution in [3.63, 3.8) is 0 Å². The molecule has 4 aromatic rings. The fourth-order valence-corrected chi connectivity index (χ4v) is 4.09. The van der Waals surface area contributed by atoms with Gasteiger partial charge in [-0.25, -0.2) is 9.97 Å². The van der Waals surface area contributed by atoms with Gasteiger partial charge in [0.1, 0.15) is 18.0 Å². The summed E-state index contributed by atoms with van der Waals surface area (Å²) < 4.78 is 9.17. The fourth-order valence-electron chi connectivity index (χ4n) is 2.45. The number of anilines is 1. The SMILES string of the molecule is Cc1ccc(NSc2ncc(-c3cocn3)s2)c2[nH]cc(C#N)c12. The summed E-state index contributed by atoms with van der Waals surface area (Å²) in [4.78, 5) is 12.6. The molecule has 0 aliphatic heterocycles. The maximum absolute atomic E-state index is 9.22. The highest BCUT2D eigenvalue weighted by atomic mass is 32.2. The standard InChI is InChI=1S/C16H11N5OS2/c1-9-2-3-11(15-14(9)10(4-17)5-18-15)21-24-16-19-6-13(23-16)12-7-22-8-20-12/h2-3,5-8,18,21H,1H3. The lowest BCUT2D eigenvalue weighted by Gasteiger charge is -2.06. The smallest absolute Gasteiger partial charge is 0.181 e. The largest absolute Gasteiger partial charge is 0.451 e. The van der Waals surface area contributed by atoms with Gasteiger partial charge in [0.2, 0.25) is 0 Å². The number of aromatic amines is 1. The van der Waals surface area contributed by atoms with Gasteiger partial charge in [0.15, 0.2) is 10.7 Å². The number of H-pyrrole nitrogens is 1. The number of nitrogens with one attached hydrogen (secondary N) is 2. The van der Waals surface area contributed by atoms with Crippen molar-refractivity contribution in [2.24, 2.45) is 0 Å². The third-order valence-corrected chi connectivity index (χ3v) is 5.50. The number of benzene rings is 1. The first-order valence-electron chi connectivity index (χ1n) is 7.04. The van der Waals surface area contributed by atoms with Crippen LogP contribution in [-0.4, -0.2) is 15.0 Å². The van der Waals surface area contributed by atoms with Gasteiger partial charge in [0.25, 0.3) is 0 Å². The van der Waals surface area contributed by atoms with Crippen LogP contribution in [0.3, 0.4) is 0 Å². The van der Waals surface area contributed by atoms with E-state index in [9.17, 15) is 5.26 Å². The van der Waals surface area contributed by atoms with E-state index < -0.39 is 0 Å². The monoisotopic (exact) mass is 353 g/mol. The lowest BCUT2D eigenvalue weighted by molar-refractivity contribution is 0.558. The molecule has 1 aromatic carbocycles. The van der Waals surface area contributed by atoms with Crippen LogP contribution in [0.2, 0.25) is 0 Å². The molecule has 0 saturated heterocycles. The van der Waals surface area contributed by atoms with E-state index in [0.29, 0.717) is 5.56 Å². The van der Waals surface area contributed by atoms with Gasteiger partial charge in [-0.05, 0) is 18.6 Å². The molecule has 0 unspecified atom stereocenters. The number of nitrogens with zero attached hydrogens (tertiary/aromatic N) is 3. The molecule has 24 heavy (non-hydrogen) atoms. The summed E-state index contributed by atoms with van der Waals surface area (Å²) in [7, 11) is 0. The van der Waals surface area contributed by atoms with Crippen LogP contribution in [0.25, 0.3) is 21.5 Å². The van der Waals surface area contributed by atoms with Gasteiger partial charge in [-0.2, -0.15) is 5.26 Å². The van der Waals surface area contributed by atoms with Crippen molar-refractivity contribution in [2.45, 2.75) is 11.3 Å². The Kier molecular flexibility index (Phi) is 3.72. The van der Waals surface area contributed by atoms with Crippen molar-refractivity contribution in [1.29, 1.82) is 5.26 Å².